The van der Waals surface area contributed by atoms with Crippen LogP contribution in [0.15, 0.2) is 42.9 Å². The zero-order valence-corrected chi connectivity index (χ0v) is 11.4. The molecule has 0 bridgehead atoms. The second-order valence-corrected chi connectivity index (χ2v) is 4.23. The number of anilines is 1. The maximum atomic E-state index is 12.0. The van der Waals surface area contributed by atoms with Crippen LogP contribution >= 0.6 is 0 Å². The van der Waals surface area contributed by atoms with Crippen molar-refractivity contribution in [2.24, 2.45) is 0 Å². The van der Waals surface area contributed by atoms with Crippen molar-refractivity contribution in [3.63, 3.8) is 0 Å². The van der Waals surface area contributed by atoms with E-state index in [-0.39, 0.29) is 6.03 Å². The second-order valence-electron chi connectivity index (χ2n) is 4.23. The van der Waals surface area contributed by atoms with Gasteiger partial charge in [-0.2, -0.15) is 0 Å². The number of nitrogens with one attached hydrogen (secondary N) is 1. The molecule has 1 N–H and O–H groups in total. The lowest BCUT2D eigenvalue weighted by molar-refractivity contribution is 0.220. The van der Waals surface area contributed by atoms with Crippen molar-refractivity contribution in [3.05, 3.63) is 48.4 Å². The van der Waals surface area contributed by atoms with Gasteiger partial charge in [0.25, 0.3) is 0 Å². The number of amides is 2. The van der Waals surface area contributed by atoms with Crippen LogP contribution in [0.3, 0.4) is 0 Å². The van der Waals surface area contributed by atoms with Gasteiger partial charge in [0.05, 0.1) is 19.0 Å². The van der Waals surface area contributed by atoms with Gasteiger partial charge in [0.15, 0.2) is 0 Å². The third-order valence-corrected chi connectivity index (χ3v) is 2.71. The Morgan fingerprint density at radius 3 is 2.65 bits per heavy atom. The highest BCUT2D eigenvalue weighted by atomic mass is 16.5. The summed E-state index contributed by atoms with van der Waals surface area (Å²) in [6, 6.07) is 6.98. The summed E-state index contributed by atoms with van der Waals surface area (Å²) in [7, 11) is 3.27. The number of rotatable bonds is 4. The second kappa shape index (κ2) is 6.51. The van der Waals surface area contributed by atoms with Crippen molar-refractivity contribution in [2.75, 3.05) is 19.5 Å². The molecule has 2 rings (SSSR count). The van der Waals surface area contributed by atoms with Gasteiger partial charge in [-0.3, -0.25) is 4.98 Å². The van der Waals surface area contributed by atoms with Gasteiger partial charge in [-0.05, 0) is 23.8 Å². The summed E-state index contributed by atoms with van der Waals surface area (Å²) in [4.78, 5) is 21.6. The summed E-state index contributed by atoms with van der Waals surface area (Å²) in [5.41, 5.74) is 1.64. The zero-order chi connectivity index (χ0) is 14.4. The Bertz CT molecular complexity index is 557. The SMILES string of the molecule is COc1ccc(NC(=O)N(C)Cc2ccncc2)cn1. The number of urea groups is 1. The standard InChI is InChI=1S/C14H16N4O2/c1-18(10-11-5-7-15-8-6-11)14(19)17-12-3-4-13(20-2)16-9-12/h3-9H,10H2,1-2H3,(H,17,19). The molecule has 2 aromatic rings. The third-order valence-electron chi connectivity index (χ3n) is 2.71. The monoisotopic (exact) mass is 272 g/mol. The smallest absolute Gasteiger partial charge is 0.321 e. The molecule has 20 heavy (non-hydrogen) atoms. The highest BCUT2D eigenvalue weighted by Gasteiger charge is 2.09. The molecule has 0 aliphatic rings. The Morgan fingerprint density at radius 1 is 1.30 bits per heavy atom. The van der Waals surface area contributed by atoms with E-state index in [4.69, 9.17) is 4.74 Å². The van der Waals surface area contributed by atoms with Crippen LogP contribution in [-0.4, -0.2) is 35.1 Å². The molecule has 2 heterocycles. The number of carbonyl (C=O) groups excluding carboxylic acids is 1. The van der Waals surface area contributed by atoms with Crippen molar-refractivity contribution in [3.8, 4) is 5.88 Å². The average Bonchev–Trinajstić information content (AvgIpc) is 2.49. The topological polar surface area (TPSA) is 67.3 Å². The fourth-order valence-corrected chi connectivity index (χ4v) is 1.63. The number of nitrogens with zero attached hydrogens (tertiary/aromatic N) is 3. The summed E-state index contributed by atoms with van der Waals surface area (Å²) in [5.74, 6) is 0.508. The number of pyridine rings is 2. The van der Waals surface area contributed by atoms with E-state index in [2.05, 4.69) is 15.3 Å². The van der Waals surface area contributed by atoms with E-state index in [1.165, 1.54) is 0 Å². The Labute approximate surface area is 117 Å². The first kappa shape index (κ1) is 13.8. The maximum absolute atomic E-state index is 12.0. The van der Waals surface area contributed by atoms with Crippen LogP contribution in [0, 0.1) is 0 Å². The van der Waals surface area contributed by atoms with Crippen LogP contribution in [0.4, 0.5) is 10.5 Å². The van der Waals surface area contributed by atoms with E-state index in [0.29, 0.717) is 18.1 Å². The predicted molar refractivity (Wildman–Crippen MR) is 75.5 cm³/mol. The fourth-order valence-electron chi connectivity index (χ4n) is 1.63. The van der Waals surface area contributed by atoms with E-state index in [9.17, 15) is 4.79 Å². The van der Waals surface area contributed by atoms with Gasteiger partial charge in [0.1, 0.15) is 0 Å². The molecule has 0 radical (unpaired) electrons. The van der Waals surface area contributed by atoms with Crippen LogP contribution in [-0.2, 0) is 6.54 Å². The Balaban J connectivity index is 1.93. The van der Waals surface area contributed by atoms with Crippen molar-refractivity contribution in [2.45, 2.75) is 6.54 Å². The number of methoxy groups -OCH3 is 1. The molecule has 2 aromatic heterocycles. The molecule has 6 heteroatoms. The number of hydrogen-bond acceptors (Lipinski definition) is 4. The Hall–Kier alpha value is -2.63. The molecular weight excluding hydrogens is 256 g/mol. The summed E-state index contributed by atoms with van der Waals surface area (Å²) in [6.07, 6.45) is 4.96. The maximum Gasteiger partial charge on any atom is 0.321 e. The molecule has 6 nitrogen and oxygen atoms in total. The van der Waals surface area contributed by atoms with Crippen molar-refractivity contribution in [1.82, 2.24) is 14.9 Å². The normalized spacial score (nSPS) is 9.90. The third kappa shape index (κ3) is 3.68. The zero-order valence-electron chi connectivity index (χ0n) is 11.4. The highest BCUT2D eigenvalue weighted by molar-refractivity contribution is 5.88. The van der Waals surface area contributed by atoms with Gasteiger partial charge >= 0.3 is 6.03 Å². The minimum atomic E-state index is -0.200. The molecule has 0 saturated heterocycles. The number of hydrogen-bond donors (Lipinski definition) is 1. The first-order valence-electron chi connectivity index (χ1n) is 6.10. The number of carbonyl (C=O) groups is 1. The van der Waals surface area contributed by atoms with Gasteiger partial charge in [0.2, 0.25) is 5.88 Å². The van der Waals surface area contributed by atoms with E-state index < -0.39 is 0 Å². The largest absolute Gasteiger partial charge is 0.481 e. The lowest BCUT2D eigenvalue weighted by Gasteiger charge is -2.17. The van der Waals surface area contributed by atoms with Crippen LogP contribution in [0.5, 0.6) is 5.88 Å². The van der Waals surface area contributed by atoms with Crippen molar-refractivity contribution < 1.29 is 9.53 Å². The molecule has 0 fully saturated rings. The molecule has 2 amide bonds. The van der Waals surface area contributed by atoms with Crippen molar-refractivity contribution in [1.29, 1.82) is 0 Å². The lowest BCUT2D eigenvalue weighted by atomic mass is 10.2. The Kier molecular flexibility index (Phi) is 4.49. The fraction of sp³-hybridized carbons (Fsp3) is 0.214. The molecule has 0 aliphatic carbocycles. The van der Waals surface area contributed by atoms with Crippen molar-refractivity contribution >= 4 is 11.7 Å². The van der Waals surface area contributed by atoms with Gasteiger partial charge in [-0.1, -0.05) is 0 Å². The van der Waals surface area contributed by atoms with E-state index >= 15 is 0 Å². The summed E-state index contributed by atoms with van der Waals surface area (Å²) in [5, 5.41) is 2.77. The van der Waals surface area contributed by atoms with Crippen LogP contribution in [0.1, 0.15) is 5.56 Å². The minimum absolute atomic E-state index is 0.200. The van der Waals surface area contributed by atoms with Crippen LogP contribution < -0.4 is 10.1 Å². The predicted octanol–water partition coefficient (Wildman–Crippen LogP) is 2.15. The molecule has 0 aromatic carbocycles. The Morgan fingerprint density at radius 2 is 2.05 bits per heavy atom. The van der Waals surface area contributed by atoms with Gasteiger partial charge in [-0.25, -0.2) is 9.78 Å². The van der Waals surface area contributed by atoms with E-state index in [1.54, 1.807) is 49.8 Å². The summed E-state index contributed by atoms with van der Waals surface area (Å²) >= 11 is 0. The van der Waals surface area contributed by atoms with Gasteiger partial charge in [-0.15, -0.1) is 0 Å². The van der Waals surface area contributed by atoms with Gasteiger partial charge < -0.3 is 15.0 Å². The number of ether oxygens (including phenoxy) is 1. The lowest BCUT2D eigenvalue weighted by Crippen LogP contribution is -2.30. The average molecular weight is 272 g/mol. The highest BCUT2D eigenvalue weighted by Crippen LogP contribution is 2.12. The molecule has 0 unspecified atom stereocenters. The summed E-state index contributed by atoms with van der Waals surface area (Å²) in [6.45, 7) is 0.512. The molecule has 0 saturated carbocycles. The van der Waals surface area contributed by atoms with E-state index in [0.717, 1.165) is 5.56 Å². The molecule has 104 valence electrons. The quantitative estimate of drug-likeness (QED) is 0.926. The molecule has 0 atom stereocenters. The molecule has 0 aliphatic heterocycles. The van der Waals surface area contributed by atoms with Crippen LogP contribution in [0.2, 0.25) is 0 Å². The molecular formula is C14H16N4O2. The minimum Gasteiger partial charge on any atom is -0.481 e. The summed E-state index contributed by atoms with van der Waals surface area (Å²) < 4.78 is 4.96. The van der Waals surface area contributed by atoms with E-state index in [1.807, 2.05) is 12.1 Å². The van der Waals surface area contributed by atoms with Crippen LogP contribution in [0.25, 0.3) is 0 Å². The van der Waals surface area contributed by atoms with Gasteiger partial charge in [0, 0.05) is 32.1 Å². The first-order valence-corrected chi connectivity index (χ1v) is 6.10. The molecule has 0 spiro atoms. The first-order chi connectivity index (χ1) is 9.69. The number of aromatic nitrogens is 2.